The predicted octanol–water partition coefficient (Wildman–Crippen LogP) is 2.99. The van der Waals surface area contributed by atoms with Gasteiger partial charge in [-0.2, -0.15) is 4.31 Å². The summed E-state index contributed by atoms with van der Waals surface area (Å²) in [4.78, 5) is 25.2. The minimum Gasteiger partial charge on any atom is -0.493 e. The molecule has 4 N–H and O–H groups in total. The summed E-state index contributed by atoms with van der Waals surface area (Å²) in [5.41, 5.74) is -0.706. The van der Waals surface area contributed by atoms with Gasteiger partial charge in [0.05, 0.1) is 18.0 Å². The van der Waals surface area contributed by atoms with E-state index in [1.165, 1.54) is 10.4 Å². The van der Waals surface area contributed by atoms with Crippen LogP contribution >= 0.6 is 0 Å². The quantitative estimate of drug-likeness (QED) is 0.198. The molecule has 4 rings (SSSR count). The van der Waals surface area contributed by atoms with Gasteiger partial charge in [-0.1, -0.05) is 58.0 Å². The molecule has 242 valence electrons. The third-order valence-corrected chi connectivity index (χ3v) is 9.87. The van der Waals surface area contributed by atoms with E-state index in [1.807, 2.05) is 58.0 Å². The van der Waals surface area contributed by atoms with Crippen LogP contribution in [0.2, 0.25) is 0 Å². The molecule has 10 nitrogen and oxygen atoms in total. The molecule has 1 aliphatic carbocycles. The zero-order valence-corrected chi connectivity index (χ0v) is 27.2. The van der Waals surface area contributed by atoms with Crippen LogP contribution in [-0.2, 0) is 32.5 Å². The Morgan fingerprint density at radius 3 is 2.48 bits per heavy atom. The molecular weight excluding hydrogens is 580 g/mol. The van der Waals surface area contributed by atoms with Crippen LogP contribution in [0.4, 0.5) is 0 Å². The van der Waals surface area contributed by atoms with E-state index in [0.29, 0.717) is 31.4 Å². The normalized spacial score (nSPS) is 16.3. The van der Waals surface area contributed by atoms with E-state index in [2.05, 4.69) is 16.0 Å². The molecule has 0 bridgehead atoms. The lowest BCUT2D eigenvalue weighted by molar-refractivity contribution is -0.125. The van der Waals surface area contributed by atoms with Gasteiger partial charge in [0.25, 0.3) is 0 Å². The Balaban J connectivity index is 1.46. The Labute approximate surface area is 262 Å². The van der Waals surface area contributed by atoms with Crippen LogP contribution in [0.15, 0.2) is 53.4 Å². The molecule has 2 amide bonds. The third-order valence-electron chi connectivity index (χ3n) is 7.95. The Bertz CT molecular complexity index is 1390. The summed E-state index contributed by atoms with van der Waals surface area (Å²) in [6.45, 7) is 8.91. The molecule has 1 heterocycles. The minimum atomic E-state index is -4.13. The molecule has 1 atom stereocenters. The van der Waals surface area contributed by atoms with Crippen molar-refractivity contribution in [2.45, 2.75) is 82.9 Å². The number of amides is 2. The molecule has 2 aromatic rings. The maximum Gasteiger partial charge on any atom is 0.245 e. The first-order chi connectivity index (χ1) is 20.8. The lowest BCUT2D eigenvalue weighted by atomic mass is 9.88. The largest absolute Gasteiger partial charge is 0.493 e. The van der Waals surface area contributed by atoms with Crippen molar-refractivity contribution < 1.29 is 27.9 Å². The van der Waals surface area contributed by atoms with Crippen molar-refractivity contribution in [2.75, 3.05) is 32.8 Å². The van der Waals surface area contributed by atoms with Crippen molar-refractivity contribution in [1.82, 2.24) is 20.3 Å². The molecule has 1 aliphatic heterocycles. The molecule has 11 heteroatoms. The summed E-state index contributed by atoms with van der Waals surface area (Å²) >= 11 is 0. The first kappa shape index (κ1) is 33.9. The number of benzene rings is 2. The van der Waals surface area contributed by atoms with Crippen molar-refractivity contribution in [3.05, 3.63) is 59.7 Å². The molecule has 0 spiro atoms. The van der Waals surface area contributed by atoms with Gasteiger partial charge in [-0.05, 0) is 53.5 Å². The zero-order chi connectivity index (χ0) is 32.0. The monoisotopic (exact) mass is 628 g/mol. The molecule has 1 unspecified atom stereocenters. The van der Waals surface area contributed by atoms with Crippen molar-refractivity contribution >= 4 is 21.8 Å². The number of hydrogen-bond donors (Lipinski definition) is 4. The lowest BCUT2D eigenvalue weighted by Gasteiger charge is -2.40. The highest BCUT2D eigenvalue weighted by Crippen LogP contribution is 2.34. The molecule has 44 heavy (non-hydrogen) atoms. The van der Waals surface area contributed by atoms with Crippen LogP contribution in [0, 0.1) is 11.3 Å². The Kier molecular flexibility index (Phi) is 11.1. The van der Waals surface area contributed by atoms with Crippen LogP contribution in [0.5, 0.6) is 5.75 Å². The molecule has 0 aromatic heterocycles. The summed E-state index contributed by atoms with van der Waals surface area (Å²) in [5.74, 6) is 0.270. The fraction of sp³-hybridized carbons (Fsp3) is 0.576. The second-order valence-electron chi connectivity index (χ2n) is 13.3. The summed E-state index contributed by atoms with van der Waals surface area (Å²) in [6, 6.07) is 14.6. The van der Waals surface area contributed by atoms with Crippen molar-refractivity contribution in [3.63, 3.8) is 0 Å². The van der Waals surface area contributed by atoms with E-state index in [1.54, 1.807) is 12.1 Å². The topological polar surface area (TPSA) is 137 Å². The SMILES string of the molecule is CC(C)CN(C(O)(CCNC(=O)CC(C)(C)CNC(=O)CNC1CC1)Cc1ccccc1)S(=O)(=O)c1ccc2c(c1)CCO2. The van der Waals surface area contributed by atoms with Gasteiger partial charge in [0.1, 0.15) is 11.5 Å². The lowest BCUT2D eigenvalue weighted by Crippen LogP contribution is -2.56. The average Bonchev–Trinajstić information content (AvgIpc) is 3.67. The Hall–Kier alpha value is -2.99. The maximum atomic E-state index is 14.2. The van der Waals surface area contributed by atoms with E-state index >= 15 is 0 Å². The second-order valence-corrected chi connectivity index (χ2v) is 15.2. The van der Waals surface area contributed by atoms with Gasteiger partial charge in [0.15, 0.2) is 0 Å². The van der Waals surface area contributed by atoms with Crippen LogP contribution in [0.3, 0.4) is 0 Å². The van der Waals surface area contributed by atoms with Crippen LogP contribution in [-0.4, -0.2) is 74.2 Å². The molecule has 2 aliphatic rings. The van der Waals surface area contributed by atoms with Gasteiger partial charge in [0, 0.05) is 51.4 Å². The fourth-order valence-corrected chi connectivity index (χ4v) is 7.27. The number of carbonyl (C=O) groups is 2. The minimum absolute atomic E-state index is 0.0162. The number of fused-ring (bicyclic) bond motifs is 1. The molecule has 0 saturated heterocycles. The number of nitrogens with one attached hydrogen (secondary N) is 3. The van der Waals surface area contributed by atoms with Gasteiger partial charge in [0.2, 0.25) is 21.8 Å². The first-order valence-electron chi connectivity index (χ1n) is 15.6. The van der Waals surface area contributed by atoms with Gasteiger partial charge in [-0.3, -0.25) is 9.59 Å². The fourth-order valence-electron chi connectivity index (χ4n) is 5.38. The summed E-state index contributed by atoms with van der Waals surface area (Å²) in [6.07, 6.45) is 3.02. The Morgan fingerprint density at radius 1 is 1.07 bits per heavy atom. The van der Waals surface area contributed by atoms with Crippen molar-refractivity contribution in [1.29, 1.82) is 0 Å². The standard InChI is InChI=1S/C33H48N4O6S/c1-24(2)22-37(44(41,42)28-12-13-29-26(18-28)14-17-43-29)33(40,19-25-8-6-5-7-9-25)15-16-34-30(38)20-32(3,4)23-36-31(39)21-35-27-10-11-27/h5-9,12-13,18,24,27,35,40H,10-11,14-17,19-23H2,1-4H3,(H,34,38)(H,36,39). The Morgan fingerprint density at radius 2 is 1.80 bits per heavy atom. The van der Waals surface area contributed by atoms with Crippen LogP contribution in [0.25, 0.3) is 0 Å². The summed E-state index contributed by atoms with van der Waals surface area (Å²) in [5, 5.41) is 21.2. The van der Waals surface area contributed by atoms with Gasteiger partial charge in [-0.25, -0.2) is 8.42 Å². The highest BCUT2D eigenvalue weighted by molar-refractivity contribution is 7.89. The average molecular weight is 629 g/mol. The van der Waals surface area contributed by atoms with Crippen LogP contribution < -0.4 is 20.7 Å². The third kappa shape index (κ3) is 9.50. The maximum absolute atomic E-state index is 14.2. The highest BCUT2D eigenvalue weighted by Gasteiger charge is 2.43. The zero-order valence-electron chi connectivity index (χ0n) is 26.4. The van der Waals surface area contributed by atoms with Gasteiger partial charge < -0.3 is 25.8 Å². The number of ether oxygens (including phenoxy) is 1. The molecule has 1 saturated carbocycles. The number of hydrogen-bond acceptors (Lipinski definition) is 7. The van der Waals surface area contributed by atoms with Crippen LogP contribution in [0.1, 0.15) is 64.5 Å². The predicted molar refractivity (Wildman–Crippen MR) is 170 cm³/mol. The number of rotatable bonds is 17. The van der Waals surface area contributed by atoms with Crippen molar-refractivity contribution in [3.8, 4) is 5.75 Å². The van der Waals surface area contributed by atoms with E-state index in [4.69, 9.17) is 4.74 Å². The van der Waals surface area contributed by atoms with E-state index < -0.39 is 21.2 Å². The smallest absolute Gasteiger partial charge is 0.245 e. The van der Waals surface area contributed by atoms with E-state index in [9.17, 15) is 23.1 Å². The number of carbonyl (C=O) groups excluding carboxylic acids is 2. The van der Waals surface area contributed by atoms with Gasteiger partial charge in [-0.15, -0.1) is 0 Å². The van der Waals surface area contributed by atoms with E-state index in [-0.39, 0.29) is 61.5 Å². The number of sulfonamides is 1. The number of aliphatic hydroxyl groups is 1. The van der Waals surface area contributed by atoms with Crippen molar-refractivity contribution in [2.24, 2.45) is 11.3 Å². The second kappa shape index (κ2) is 14.4. The molecule has 0 radical (unpaired) electrons. The molecular formula is C33H48N4O6S. The molecule has 2 aromatic carbocycles. The summed E-state index contributed by atoms with van der Waals surface area (Å²) < 4.78 is 35.2. The van der Waals surface area contributed by atoms with Gasteiger partial charge >= 0.3 is 0 Å². The molecule has 1 fully saturated rings. The summed E-state index contributed by atoms with van der Waals surface area (Å²) in [7, 11) is -4.13. The van der Waals surface area contributed by atoms with E-state index in [0.717, 1.165) is 24.0 Å². The first-order valence-corrected chi connectivity index (χ1v) is 17.0. The number of nitrogens with zero attached hydrogens (tertiary/aromatic N) is 1. The highest BCUT2D eigenvalue weighted by atomic mass is 32.2.